The van der Waals surface area contributed by atoms with Crippen LogP contribution in [0.1, 0.15) is 44.4 Å². The zero-order valence-electron chi connectivity index (χ0n) is 13.0. The predicted molar refractivity (Wildman–Crippen MR) is 79.2 cm³/mol. The van der Waals surface area contributed by atoms with E-state index in [2.05, 4.69) is 22.4 Å². The van der Waals surface area contributed by atoms with Crippen LogP contribution in [0, 0.1) is 12.8 Å². The van der Waals surface area contributed by atoms with Crippen molar-refractivity contribution in [3.63, 3.8) is 0 Å². The van der Waals surface area contributed by atoms with Crippen molar-refractivity contribution in [1.82, 2.24) is 19.8 Å². The highest BCUT2D eigenvalue weighted by atomic mass is 32.2. The second-order valence-corrected chi connectivity index (χ2v) is 7.74. The first kappa shape index (κ1) is 16.4. The van der Waals surface area contributed by atoms with Crippen molar-refractivity contribution in [3.05, 3.63) is 11.7 Å². The van der Waals surface area contributed by atoms with Crippen LogP contribution in [0.2, 0.25) is 0 Å². The molecule has 21 heavy (non-hydrogen) atoms. The molecule has 1 aliphatic heterocycles. The van der Waals surface area contributed by atoms with E-state index in [9.17, 15) is 8.42 Å². The lowest BCUT2D eigenvalue weighted by Crippen LogP contribution is -2.51. The highest BCUT2D eigenvalue weighted by Gasteiger charge is 2.33. The van der Waals surface area contributed by atoms with Gasteiger partial charge >= 0.3 is 0 Å². The molecule has 7 nitrogen and oxygen atoms in total. The molecule has 0 amide bonds. The molecular weight excluding hydrogens is 292 g/mol. The summed E-state index contributed by atoms with van der Waals surface area (Å²) in [5, 5.41) is 7.30. The van der Waals surface area contributed by atoms with Gasteiger partial charge in [-0.2, -0.15) is 4.98 Å². The second-order valence-electron chi connectivity index (χ2n) is 5.75. The first-order valence-corrected chi connectivity index (χ1v) is 9.17. The van der Waals surface area contributed by atoms with Crippen molar-refractivity contribution in [3.8, 4) is 0 Å². The summed E-state index contributed by atoms with van der Waals surface area (Å²) in [6.45, 7) is 7.00. The largest absolute Gasteiger partial charge is 0.338 e. The highest BCUT2D eigenvalue weighted by molar-refractivity contribution is 7.88. The first-order valence-electron chi connectivity index (χ1n) is 7.32. The Morgan fingerprint density at radius 3 is 2.76 bits per heavy atom. The van der Waals surface area contributed by atoms with E-state index in [-0.39, 0.29) is 12.1 Å². The summed E-state index contributed by atoms with van der Waals surface area (Å²) in [5.74, 6) is 1.49. The molecule has 1 aromatic rings. The number of hydrogen-bond donors (Lipinski definition) is 1. The lowest BCUT2D eigenvalue weighted by Gasteiger charge is -2.38. The van der Waals surface area contributed by atoms with Crippen LogP contribution in [0.3, 0.4) is 0 Å². The van der Waals surface area contributed by atoms with Gasteiger partial charge in [-0.3, -0.25) is 0 Å². The Labute approximate surface area is 126 Å². The number of piperidine rings is 1. The van der Waals surface area contributed by atoms with E-state index in [4.69, 9.17) is 4.52 Å². The van der Waals surface area contributed by atoms with Crippen LogP contribution in [0.4, 0.5) is 0 Å². The Balaban J connectivity index is 2.00. The van der Waals surface area contributed by atoms with Gasteiger partial charge in [-0.15, -0.1) is 0 Å². The van der Waals surface area contributed by atoms with E-state index in [0.717, 1.165) is 12.8 Å². The third kappa shape index (κ3) is 4.02. The quantitative estimate of drug-likeness (QED) is 0.875. The van der Waals surface area contributed by atoms with E-state index in [1.165, 1.54) is 6.26 Å². The summed E-state index contributed by atoms with van der Waals surface area (Å²) >= 11 is 0. The van der Waals surface area contributed by atoms with E-state index >= 15 is 0 Å². The van der Waals surface area contributed by atoms with Crippen molar-refractivity contribution < 1.29 is 12.9 Å². The Bertz CT molecular complexity index is 572. The van der Waals surface area contributed by atoms with Gasteiger partial charge in [-0.25, -0.2) is 12.7 Å². The van der Waals surface area contributed by atoms with Crippen LogP contribution < -0.4 is 5.32 Å². The summed E-state index contributed by atoms with van der Waals surface area (Å²) in [7, 11) is -3.10. The summed E-state index contributed by atoms with van der Waals surface area (Å²) in [4.78, 5) is 4.23. The molecule has 0 spiro atoms. The topological polar surface area (TPSA) is 88.3 Å². The lowest BCUT2D eigenvalue weighted by atomic mass is 9.90. The Kier molecular flexibility index (Phi) is 5.00. The van der Waals surface area contributed by atoms with Crippen LogP contribution in [0.15, 0.2) is 4.52 Å². The number of hydrogen-bond acceptors (Lipinski definition) is 6. The zero-order valence-corrected chi connectivity index (χ0v) is 13.9. The third-order valence-corrected chi connectivity index (χ3v) is 5.34. The van der Waals surface area contributed by atoms with Gasteiger partial charge in [0, 0.05) is 19.1 Å². The summed E-state index contributed by atoms with van der Waals surface area (Å²) < 4.78 is 30.1. The fourth-order valence-corrected chi connectivity index (χ4v) is 3.71. The van der Waals surface area contributed by atoms with Gasteiger partial charge in [0.15, 0.2) is 5.82 Å². The lowest BCUT2D eigenvalue weighted by molar-refractivity contribution is 0.185. The minimum atomic E-state index is -3.10. The standard InChI is InChI=1S/C13H24N4O3S/c1-5-11-8-17(21(4,18)19)7-6-12(11)14-9(2)13-15-10(3)16-20-13/h9,11-12,14H,5-8H2,1-4H3. The summed E-state index contributed by atoms with van der Waals surface area (Å²) in [6, 6.07) is 0.227. The molecule has 0 aliphatic carbocycles. The van der Waals surface area contributed by atoms with Crippen molar-refractivity contribution in [2.75, 3.05) is 19.3 Å². The molecule has 1 saturated heterocycles. The maximum atomic E-state index is 11.7. The van der Waals surface area contributed by atoms with Crippen LogP contribution in [0.25, 0.3) is 0 Å². The van der Waals surface area contributed by atoms with Crippen molar-refractivity contribution >= 4 is 10.0 Å². The van der Waals surface area contributed by atoms with E-state index in [1.807, 2.05) is 6.92 Å². The van der Waals surface area contributed by atoms with Gasteiger partial charge in [-0.05, 0) is 26.2 Å². The molecule has 1 aromatic heterocycles. The molecule has 1 aliphatic rings. The minimum absolute atomic E-state index is 0.0324. The van der Waals surface area contributed by atoms with Gasteiger partial charge in [0.2, 0.25) is 15.9 Å². The molecule has 1 N–H and O–H groups in total. The van der Waals surface area contributed by atoms with Gasteiger partial charge in [0.25, 0.3) is 0 Å². The first-order chi connectivity index (χ1) is 9.81. The molecule has 0 radical (unpaired) electrons. The number of nitrogens with one attached hydrogen (secondary N) is 1. The maximum absolute atomic E-state index is 11.7. The Morgan fingerprint density at radius 2 is 2.24 bits per heavy atom. The summed E-state index contributed by atoms with van der Waals surface area (Å²) in [6.07, 6.45) is 3.00. The molecule has 120 valence electrons. The fourth-order valence-electron chi connectivity index (χ4n) is 2.81. The van der Waals surface area contributed by atoms with Crippen molar-refractivity contribution in [2.24, 2.45) is 5.92 Å². The number of sulfonamides is 1. The normalized spacial score (nSPS) is 25.9. The van der Waals surface area contributed by atoms with E-state index in [1.54, 1.807) is 11.2 Å². The highest BCUT2D eigenvalue weighted by Crippen LogP contribution is 2.24. The molecule has 0 aromatic carbocycles. The van der Waals surface area contributed by atoms with Crippen LogP contribution in [0.5, 0.6) is 0 Å². The smallest absolute Gasteiger partial charge is 0.243 e. The number of nitrogens with zero attached hydrogens (tertiary/aromatic N) is 3. The van der Waals surface area contributed by atoms with Crippen molar-refractivity contribution in [1.29, 1.82) is 0 Å². The van der Waals surface area contributed by atoms with Crippen LogP contribution >= 0.6 is 0 Å². The molecule has 8 heteroatoms. The van der Waals surface area contributed by atoms with E-state index in [0.29, 0.717) is 30.7 Å². The molecule has 2 rings (SSSR count). The van der Waals surface area contributed by atoms with Gasteiger partial charge in [0.05, 0.1) is 12.3 Å². The Hall–Kier alpha value is -0.990. The zero-order chi connectivity index (χ0) is 15.6. The molecule has 2 heterocycles. The number of aromatic nitrogens is 2. The molecule has 1 fully saturated rings. The van der Waals surface area contributed by atoms with Gasteiger partial charge in [0.1, 0.15) is 0 Å². The minimum Gasteiger partial charge on any atom is -0.338 e. The van der Waals surface area contributed by atoms with E-state index < -0.39 is 10.0 Å². The second kappa shape index (κ2) is 6.41. The maximum Gasteiger partial charge on any atom is 0.243 e. The predicted octanol–water partition coefficient (Wildman–Crippen LogP) is 1.09. The third-order valence-electron chi connectivity index (χ3n) is 4.07. The number of aryl methyl sites for hydroxylation is 1. The summed E-state index contributed by atoms with van der Waals surface area (Å²) in [5.41, 5.74) is 0. The van der Waals surface area contributed by atoms with Gasteiger partial charge < -0.3 is 9.84 Å². The monoisotopic (exact) mass is 316 g/mol. The fraction of sp³-hybridized carbons (Fsp3) is 0.846. The average Bonchev–Trinajstić information content (AvgIpc) is 2.84. The molecule has 3 unspecified atom stereocenters. The molecule has 0 bridgehead atoms. The van der Waals surface area contributed by atoms with Crippen LogP contribution in [-0.4, -0.2) is 48.3 Å². The SMILES string of the molecule is CCC1CN(S(C)(=O)=O)CCC1NC(C)c1nc(C)no1. The molecule has 3 atom stereocenters. The Morgan fingerprint density at radius 1 is 1.52 bits per heavy atom. The molecular formula is C13H24N4O3S. The van der Waals surface area contributed by atoms with Gasteiger partial charge in [-0.1, -0.05) is 18.5 Å². The van der Waals surface area contributed by atoms with Crippen molar-refractivity contribution in [2.45, 2.75) is 45.7 Å². The van der Waals surface area contributed by atoms with Crippen LogP contribution in [-0.2, 0) is 10.0 Å². The number of rotatable bonds is 5. The molecule has 0 saturated carbocycles. The average molecular weight is 316 g/mol.